The van der Waals surface area contributed by atoms with Crippen LogP contribution in [0.15, 0.2) is 85.3 Å². The molecule has 2 aromatic heterocycles. The van der Waals surface area contributed by atoms with E-state index in [0.717, 1.165) is 47.6 Å². The smallest absolute Gasteiger partial charge is 0.378 e. The normalized spacial score (nSPS) is 14.8. The third-order valence-electron chi connectivity index (χ3n) is 8.79. The number of anilines is 3. The molecule has 4 heterocycles. The highest BCUT2D eigenvalue weighted by Crippen LogP contribution is 2.37. The Kier molecular flexibility index (Phi) is 8.34. The molecule has 48 heavy (non-hydrogen) atoms. The van der Waals surface area contributed by atoms with Gasteiger partial charge in [0.2, 0.25) is 5.82 Å². The van der Waals surface area contributed by atoms with Crippen molar-refractivity contribution >= 4 is 34.7 Å². The van der Waals surface area contributed by atoms with Gasteiger partial charge < -0.3 is 19.9 Å². The van der Waals surface area contributed by atoms with Crippen LogP contribution in [0.3, 0.4) is 0 Å². The molecule has 9 nitrogen and oxygen atoms in total. The SMILES string of the molecule is CCC[n+]1ccn2cc(-c3cccc4c3CCN4C(=O)c3ccc(C(F)(F)F)cc3)nc(Nc3ccc(C(=O)N4CCOCC4)cc3)c21. The number of carbonyl (C=O) groups is 2. The topological polar surface area (TPSA) is 83.1 Å². The lowest BCUT2D eigenvalue weighted by atomic mass is 10.0. The van der Waals surface area contributed by atoms with Crippen molar-refractivity contribution < 1.29 is 32.1 Å². The van der Waals surface area contributed by atoms with Gasteiger partial charge in [-0.15, -0.1) is 0 Å². The van der Waals surface area contributed by atoms with Crippen LogP contribution >= 0.6 is 0 Å². The summed E-state index contributed by atoms with van der Waals surface area (Å²) >= 11 is 0. The number of imidazole rings is 1. The maximum Gasteiger partial charge on any atom is 0.416 e. The summed E-state index contributed by atoms with van der Waals surface area (Å²) in [4.78, 5) is 34.9. The molecule has 2 aliphatic rings. The second kappa shape index (κ2) is 12.8. The van der Waals surface area contributed by atoms with Crippen molar-refractivity contribution in [2.24, 2.45) is 0 Å². The van der Waals surface area contributed by atoms with E-state index in [-0.39, 0.29) is 17.4 Å². The Labute approximate surface area is 275 Å². The number of hydrogen-bond donors (Lipinski definition) is 1. The predicted octanol–water partition coefficient (Wildman–Crippen LogP) is 6.14. The molecule has 0 aliphatic carbocycles. The van der Waals surface area contributed by atoms with Crippen LogP contribution in [-0.2, 0) is 23.9 Å². The van der Waals surface area contributed by atoms with Crippen molar-refractivity contribution in [3.8, 4) is 11.3 Å². The zero-order valence-electron chi connectivity index (χ0n) is 26.3. The van der Waals surface area contributed by atoms with Gasteiger partial charge in [0.25, 0.3) is 11.8 Å². The van der Waals surface area contributed by atoms with Crippen molar-refractivity contribution in [2.75, 3.05) is 43.1 Å². The largest absolute Gasteiger partial charge is 0.416 e. The van der Waals surface area contributed by atoms with Gasteiger partial charge >= 0.3 is 11.8 Å². The first kappa shape index (κ1) is 31.4. The summed E-state index contributed by atoms with van der Waals surface area (Å²) in [6.45, 7) is 5.52. The maximum absolute atomic E-state index is 13.5. The Morgan fingerprint density at radius 3 is 2.35 bits per heavy atom. The number of hydrogen-bond acceptors (Lipinski definition) is 5. The number of benzene rings is 3. The van der Waals surface area contributed by atoms with Crippen LogP contribution in [-0.4, -0.2) is 58.9 Å². The number of aromatic nitrogens is 3. The fraction of sp³-hybridized carbons (Fsp3) is 0.278. The molecule has 2 aliphatic heterocycles. The van der Waals surface area contributed by atoms with Gasteiger partial charge in [-0.2, -0.15) is 17.6 Å². The Morgan fingerprint density at radius 2 is 1.65 bits per heavy atom. The first-order valence-electron chi connectivity index (χ1n) is 16.0. The minimum absolute atomic E-state index is 0.0245. The lowest BCUT2D eigenvalue weighted by Crippen LogP contribution is -2.40. The molecule has 0 radical (unpaired) electrons. The van der Waals surface area contributed by atoms with E-state index in [1.807, 2.05) is 65.5 Å². The fourth-order valence-corrected chi connectivity index (χ4v) is 6.40. The molecule has 2 amide bonds. The van der Waals surface area contributed by atoms with Gasteiger partial charge in [-0.05, 0) is 73.0 Å². The number of morpholine rings is 1. The molecule has 5 aromatic rings. The molecule has 1 saturated heterocycles. The van der Waals surface area contributed by atoms with Crippen LogP contribution in [0.25, 0.3) is 16.9 Å². The number of alkyl halides is 3. The summed E-state index contributed by atoms with van der Waals surface area (Å²) in [5.74, 6) is 0.252. The van der Waals surface area contributed by atoms with Gasteiger partial charge in [-0.3, -0.25) is 9.59 Å². The number of nitrogens with one attached hydrogen (secondary N) is 1. The molecule has 1 fully saturated rings. The number of amides is 2. The first-order chi connectivity index (χ1) is 23.2. The zero-order valence-corrected chi connectivity index (χ0v) is 26.3. The Bertz CT molecular complexity index is 1980. The fourth-order valence-electron chi connectivity index (χ4n) is 6.40. The third-order valence-corrected chi connectivity index (χ3v) is 8.79. The second-order valence-corrected chi connectivity index (χ2v) is 11.9. The molecule has 0 spiro atoms. The molecule has 0 bridgehead atoms. The number of ether oxygens (including phenoxy) is 1. The third kappa shape index (κ3) is 5.99. The highest BCUT2D eigenvalue weighted by Gasteiger charge is 2.32. The maximum atomic E-state index is 13.5. The van der Waals surface area contributed by atoms with Gasteiger partial charge in [-0.1, -0.05) is 19.1 Å². The lowest BCUT2D eigenvalue weighted by Gasteiger charge is -2.26. The van der Waals surface area contributed by atoms with E-state index in [4.69, 9.17) is 9.72 Å². The number of nitrogens with zero attached hydrogens (tertiary/aromatic N) is 5. The monoisotopic (exact) mass is 655 g/mol. The van der Waals surface area contributed by atoms with E-state index in [0.29, 0.717) is 62.0 Å². The van der Waals surface area contributed by atoms with E-state index < -0.39 is 11.7 Å². The van der Waals surface area contributed by atoms with Gasteiger partial charge in [0.15, 0.2) is 0 Å². The van der Waals surface area contributed by atoms with Crippen molar-refractivity contribution in [1.29, 1.82) is 0 Å². The van der Waals surface area contributed by atoms with E-state index in [1.165, 1.54) is 12.1 Å². The Hall–Kier alpha value is -5.23. The molecule has 0 unspecified atom stereocenters. The average Bonchev–Trinajstić information content (AvgIpc) is 3.73. The standard InChI is InChI=1S/C36H33F3N6O3/c1-2-15-42-17-18-44-23-30(41-32(33(42)44)40-27-12-8-24(9-13-27)34(46)43-19-21-48-22-20-43)28-4-3-5-31-29(28)14-16-45(31)35(47)25-6-10-26(11-7-25)36(37,38)39/h3-13,17-18,23H,2,14-16,19-22H2,1H3/p+1. The summed E-state index contributed by atoms with van der Waals surface area (Å²) in [5.41, 5.74) is 4.86. The number of fused-ring (bicyclic) bond motifs is 2. The molecule has 0 atom stereocenters. The summed E-state index contributed by atoms with van der Waals surface area (Å²) in [5, 5.41) is 3.48. The summed E-state index contributed by atoms with van der Waals surface area (Å²) in [6, 6.07) is 17.4. The predicted molar refractivity (Wildman–Crippen MR) is 174 cm³/mol. The highest BCUT2D eigenvalue weighted by molar-refractivity contribution is 6.08. The second-order valence-electron chi connectivity index (χ2n) is 11.9. The van der Waals surface area contributed by atoms with Gasteiger partial charge in [0.1, 0.15) is 24.3 Å². The number of carbonyl (C=O) groups excluding carboxylic acids is 2. The van der Waals surface area contributed by atoms with E-state index in [2.05, 4.69) is 16.8 Å². The van der Waals surface area contributed by atoms with Gasteiger partial charge in [-0.25, -0.2) is 9.55 Å². The van der Waals surface area contributed by atoms with Crippen molar-refractivity contribution in [1.82, 2.24) is 14.3 Å². The summed E-state index contributed by atoms with van der Waals surface area (Å²) in [6.07, 6.45) is 2.99. The Balaban J connectivity index is 1.20. The summed E-state index contributed by atoms with van der Waals surface area (Å²) in [7, 11) is 0. The highest BCUT2D eigenvalue weighted by atomic mass is 19.4. The summed E-state index contributed by atoms with van der Waals surface area (Å²) < 4.78 is 48.8. The Morgan fingerprint density at radius 1 is 0.938 bits per heavy atom. The number of halogens is 3. The zero-order chi connectivity index (χ0) is 33.4. The molecule has 7 rings (SSSR count). The minimum atomic E-state index is -4.47. The van der Waals surface area contributed by atoms with Gasteiger partial charge in [0.05, 0.1) is 25.3 Å². The first-order valence-corrected chi connectivity index (χ1v) is 16.0. The van der Waals surface area contributed by atoms with E-state index in [1.54, 1.807) is 9.80 Å². The average molecular weight is 656 g/mol. The lowest BCUT2D eigenvalue weighted by molar-refractivity contribution is -0.670. The van der Waals surface area contributed by atoms with Crippen molar-refractivity contribution in [3.05, 3.63) is 108 Å². The van der Waals surface area contributed by atoms with Crippen LogP contribution < -0.4 is 14.8 Å². The van der Waals surface area contributed by atoms with Gasteiger partial charge in [0, 0.05) is 47.7 Å². The van der Waals surface area contributed by atoms with Crippen LogP contribution in [0.1, 0.15) is 45.2 Å². The van der Waals surface area contributed by atoms with Crippen LogP contribution in [0.2, 0.25) is 0 Å². The number of aryl methyl sites for hydroxylation is 1. The molecule has 246 valence electrons. The van der Waals surface area contributed by atoms with Crippen molar-refractivity contribution in [2.45, 2.75) is 32.5 Å². The molecule has 12 heteroatoms. The van der Waals surface area contributed by atoms with Crippen molar-refractivity contribution in [3.63, 3.8) is 0 Å². The molecule has 0 saturated carbocycles. The molecular formula is C36H34F3N6O3+. The van der Waals surface area contributed by atoms with Crippen LogP contribution in [0.5, 0.6) is 0 Å². The minimum Gasteiger partial charge on any atom is -0.378 e. The number of rotatable bonds is 7. The van der Waals surface area contributed by atoms with E-state index >= 15 is 0 Å². The molecule has 3 aromatic carbocycles. The van der Waals surface area contributed by atoms with E-state index in [9.17, 15) is 22.8 Å². The quantitative estimate of drug-likeness (QED) is 0.213. The van der Waals surface area contributed by atoms with Crippen LogP contribution in [0.4, 0.5) is 30.4 Å². The molecular weight excluding hydrogens is 621 g/mol. The van der Waals surface area contributed by atoms with Crippen LogP contribution in [0, 0.1) is 0 Å². The molecule has 1 N–H and O–H groups in total.